The average Bonchev–Trinajstić information content (AvgIpc) is 2.86. The molecule has 0 bridgehead atoms. The highest BCUT2D eigenvalue weighted by Crippen LogP contribution is 2.35. The first kappa shape index (κ1) is 24.8. The number of rotatable bonds is 7. The topological polar surface area (TPSA) is 111 Å². The maximum Gasteiger partial charge on any atom is 0.323 e. The number of ether oxygens (including phenoxy) is 1. The Hall–Kier alpha value is -4.33. The zero-order valence-corrected chi connectivity index (χ0v) is 21.0. The maximum absolute atomic E-state index is 13.8. The number of unbranched alkanes of at least 4 members (excludes halogenated alkanes) is 1. The average molecular weight is 486 g/mol. The number of nitrogens with two attached hydrogens (primary N) is 1. The van der Waals surface area contributed by atoms with E-state index in [0.717, 1.165) is 34.9 Å². The quantitative estimate of drug-likeness (QED) is 0.290. The Morgan fingerprint density at radius 3 is 2.47 bits per heavy atom. The number of hydrogen-bond acceptors (Lipinski definition) is 5. The number of pyridine rings is 2. The Morgan fingerprint density at radius 1 is 1.06 bits per heavy atom. The van der Waals surface area contributed by atoms with E-state index in [9.17, 15) is 9.59 Å². The number of carbonyl (C=O) groups is 1. The standard InChI is InChI=1S/C28H31N5O3/c1-5-6-13-33-26-22(11-8-12-30-26)23(19-9-7-10-21(16-19)36-4)25(27(33)34)32-28(35)31-24-17(2)14-20(29)15-18(24)3/h7-12,14-16H,5-6,13,29H2,1-4H3,(H2,31,32,35). The van der Waals surface area contributed by atoms with Crippen molar-refractivity contribution in [2.24, 2.45) is 0 Å². The van der Waals surface area contributed by atoms with E-state index in [2.05, 4.69) is 22.5 Å². The van der Waals surface area contributed by atoms with Gasteiger partial charge < -0.3 is 21.1 Å². The molecule has 0 aliphatic heterocycles. The Labute approximate surface area is 210 Å². The summed E-state index contributed by atoms with van der Waals surface area (Å²) in [6, 6.07) is 14.2. The first-order valence-electron chi connectivity index (χ1n) is 11.9. The number of aryl methyl sites for hydroxylation is 3. The molecular weight excluding hydrogens is 454 g/mol. The fourth-order valence-electron chi connectivity index (χ4n) is 4.45. The highest BCUT2D eigenvalue weighted by atomic mass is 16.5. The van der Waals surface area contributed by atoms with Crippen LogP contribution in [0.5, 0.6) is 5.75 Å². The van der Waals surface area contributed by atoms with Crippen LogP contribution in [0.15, 0.2) is 59.5 Å². The summed E-state index contributed by atoms with van der Waals surface area (Å²) >= 11 is 0. The van der Waals surface area contributed by atoms with E-state index >= 15 is 0 Å². The molecule has 0 saturated heterocycles. The van der Waals surface area contributed by atoms with Gasteiger partial charge in [-0.2, -0.15) is 0 Å². The molecule has 2 aromatic heterocycles. The highest BCUT2D eigenvalue weighted by Gasteiger charge is 2.21. The fraction of sp³-hybridized carbons (Fsp3) is 0.250. The van der Waals surface area contributed by atoms with Crippen LogP contribution in [0.3, 0.4) is 0 Å². The minimum absolute atomic E-state index is 0.183. The van der Waals surface area contributed by atoms with Crippen LogP contribution >= 0.6 is 0 Å². The number of methoxy groups -OCH3 is 1. The minimum atomic E-state index is -0.516. The van der Waals surface area contributed by atoms with Gasteiger partial charge >= 0.3 is 6.03 Å². The number of nitrogen functional groups attached to an aromatic ring is 1. The summed E-state index contributed by atoms with van der Waals surface area (Å²) in [5.41, 5.74) is 10.6. The van der Waals surface area contributed by atoms with Gasteiger partial charge in [0.05, 0.1) is 7.11 Å². The maximum atomic E-state index is 13.8. The Balaban J connectivity index is 1.89. The van der Waals surface area contributed by atoms with E-state index in [4.69, 9.17) is 10.5 Å². The molecule has 2 heterocycles. The monoisotopic (exact) mass is 485 g/mol. The molecule has 8 heteroatoms. The zero-order chi connectivity index (χ0) is 25.8. The summed E-state index contributed by atoms with van der Waals surface area (Å²) in [5, 5.41) is 6.52. The molecule has 0 atom stereocenters. The number of amides is 2. The van der Waals surface area contributed by atoms with Crippen LogP contribution in [0, 0.1) is 13.8 Å². The lowest BCUT2D eigenvalue weighted by molar-refractivity contribution is 0.262. The molecule has 186 valence electrons. The van der Waals surface area contributed by atoms with Gasteiger partial charge in [0.2, 0.25) is 0 Å². The number of carbonyl (C=O) groups excluding carboxylic acids is 1. The minimum Gasteiger partial charge on any atom is -0.497 e. The van der Waals surface area contributed by atoms with Crippen molar-refractivity contribution >= 4 is 34.1 Å². The van der Waals surface area contributed by atoms with E-state index in [1.807, 2.05) is 50.2 Å². The van der Waals surface area contributed by atoms with Crippen LogP contribution < -0.4 is 26.7 Å². The van der Waals surface area contributed by atoms with Crippen molar-refractivity contribution in [1.82, 2.24) is 9.55 Å². The first-order chi connectivity index (χ1) is 17.3. The van der Waals surface area contributed by atoms with E-state index in [1.54, 1.807) is 30.0 Å². The van der Waals surface area contributed by atoms with Crippen LogP contribution in [-0.4, -0.2) is 22.7 Å². The van der Waals surface area contributed by atoms with E-state index in [-0.39, 0.29) is 11.2 Å². The van der Waals surface area contributed by atoms with E-state index in [1.165, 1.54) is 0 Å². The van der Waals surface area contributed by atoms with Crippen LogP contribution in [0.25, 0.3) is 22.2 Å². The second kappa shape index (κ2) is 10.5. The van der Waals surface area contributed by atoms with Crippen molar-refractivity contribution in [2.45, 2.75) is 40.2 Å². The van der Waals surface area contributed by atoms with Crippen molar-refractivity contribution in [3.63, 3.8) is 0 Å². The van der Waals surface area contributed by atoms with Gasteiger partial charge in [-0.25, -0.2) is 9.78 Å². The Bertz CT molecular complexity index is 1470. The molecule has 0 spiro atoms. The van der Waals surface area contributed by atoms with Crippen LogP contribution in [0.4, 0.5) is 21.9 Å². The van der Waals surface area contributed by atoms with Gasteiger partial charge in [-0.05, 0) is 73.4 Å². The Kier molecular flexibility index (Phi) is 7.24. The van der Waals surface area contributed by atoms with Gasteiger partial charge in [0.1, 0.15) is 17.1 Å². The zero-order valence-electron chi connectivity index (χ0n) is 21.0. The van der Waals surface area contributed by atoms with Gasteiger partial charge in [-0.15, -0.1) is 0 Å². The second-order valence-electron chi connectivity index (χ2n) is 8.78. The third-order valence-corrected chi connectivity index (χ3v) is 6.15. The van der Waals surface area contributed by atoms with E-state index in [0.29, 0.717) is 34.9 Å². The van der Waals surface area contributed by atoms with E-state index < -0.39 is 6.03 Å². The fourth-order valence-corrected chi connectivity index (χ4v) is 4.45. The number of aromatic nitrogens is 2. The molecule has 4 N–H and O–H groups in total. The molecule has 0 saturated carbocycles. The summed E-state index contributed by atoms with van der Waals surface area (Å²) in [5.74, 6) is 0.642. The number of benzene rings is 2. The number of anilines is 3. The third-order valence-electron chi connectivity index (χ3n) is 6.15. The highest BCUT2D eigenvalue weighted by molar-refractivity contribution is 6.07. The van der Waals surface area contributed by atoms with Crippen LogP contribution in [-0.2, 0) is 6.54 Å². The molecule has 2 aromatic carbocycles. The largest absolute Gasteiger partial charge is 0.497 e. The molecular formula is C28H31N5O3. The molecule has 0 unspecified atom stereocenters. The second-order valence-corrected chi connectivity index (χ2v) is 8.78. The molecule has 4 rings (SSSR count). The molecule has 0 aliphatic carbocycles. The Morgan fingerprint density at radius 2 is 1.78 bits per heavy atom. The molecule has 36 heavy (non-hydrogen) atoms. The number of nitrogens with one attached hydrogen (secondary N) is 2. The summed E-state index contributed by atoms with van der Waals surface area (Å²) in [7, 11) is 1.59. The van der Waals surface area contributed by atoms with Gasteiger partial charge in [0.15, 0.2) is 0 Å². The summed E-state index contributed by atoms with van der Waals surface area (Å²) in [4.78, 5) is 31.6. The predicted octanol–water partition coefficient (Wildman–Crippen LogP) is 5.72. The third kappa shape index (κ3) is 4.88. The lowest BCUT2D eigenvalue weighted by Gasteiger charge is -2.19. The van der Waals surface area contributed by atoms with Crippen molar-refractivity contribution in [3.05, 3.63) is 76.2 Å². The number of urea groups is 1. The normalized spacial score (nSPS) is 10.9. The van der Waals surface area contributed by atoms with Gasteiger partial charge in [-0.1, -0.05) is 25.5 Å². The van der Waals surface area contributed by atoms with Gasteiger partial charge in [0.25, 0.3) is 5.56 Å². The van der Waals surface area contributed by atoms with Gasteiger partial charge in [-0.3, -0.25) is 9.36 Å². The molecule has 2 amide bonds. The van der Waals surface area contributed by atoms with Crippen molar-refractivity contribution < 1.29 is 9.53 Å². The molecule has 0 fully saturated rings. The van der Waals surface area contributed by atoms with Crippen molar-refractivity contribution in [2.75, 3.05) is 23.5 Å². The number of fused-ring (bicyclic) bond motifs is 1. The molecule has 8 nitrogen and oxygen atoms in total. The smallest absolute Gasteiger partial charge is 0.323 e. The number of hydrogen-bond donors (Lipinski definition) is 3. The van der Waals surface area contributed by atoms with Crippen molar-refractivity contribution in [1.29, 1.82) is 0 Å². The SMILES string of the molecule is CCCCn1c(=O)c(NC(=O)Nc2c(C)cc(N)cc2C)c(-c2cccc(OC)c2)c2cccnc21. The number of nitrogens with zero attached hydrogens (tertiary/aromatic N) is 2. The summed E-state index contributed by atoms with van der Waals surface area (Å²) in [6.07, 6.45) is 3.39. The predicted molar refractivity (Wildman–Crippen MR) is 146 cm³/mol. The summed E-state index contributed by atoms with van der Waals surface area (Å²) < 4.78 is 7.06. The summed E-state index contributed by atoms with van der Waals surface area (Å²) in [6.45, 7) is 6.31. The molecule has 4 aromatic rings. The van der Waals surface area contributed by atoms with Crippen LogP contribution in [0.1, 0.15) is 30.9 Å². The van der Waals surface area contributed by atoms with Crippen LogP contribution in [0.2, 0.25) is 0 Å². The lowest BCUT2D eigenvalue weighted by atomic mass is 10.00. The molecule has 0 aliphatic rings. The first-order valence-corrected chi connectivity index (χ1v) is 11.9. The lowest BCUT2D eigenvalue weighted by Crippen LogP contribution is -2.30. The molecule has 0 radical (unpaired) electrons. The van der Waals surface area contributed by atoms with Gasteiger partial charge in [0, 0.05) is 35.1 Å². The van der Waals surface area contributed by atoms with Crippen molar-refractivity contribution in [3.8, 4) is 16.9 Å².